The molecule has 0 amide bonds. The second-order valence-electron chi connectivity index (χ2n) is 13.6. The fraction of sp³-hybridized carbons (Fsp3) is 1.00. The van der Waals surface area contributed by atoms with E-state index in [-0.39, 0.29) is 14.1 Å². The lowest BCUT2D eigenvalue weighted by Gasteiger charge is -2.18. The third-order valence-corrected chi connectivity index (χ3v) is 19.7. The predicted molar refractivity (Wildman–Crippen MR) is 167 cm³/mol. The van der Waals surface area contributed by atoms with Crippen LogP contribution < -0.4 is 0 Å². The van der Waals surface area contributed by atoms with E-state index in [0.717, 1.165) is 35.5 Å². The van der Waals surface area contributed by atoms with Crippen LogP contribution >= 0.6 is 0 Å². The minimum Gasteiger partial charge on any atom is -0.0967 e. The summed E-state index contributed by atoms with van der Waals surface area (Å²) < 4.78 is 0. The predicted octanol–water partition coefficient (Wildman–Crippen LogP) is 11.4. The zero-order valence-corrected chi connectivity index (χ0v) is 30.0. The lowest BCUT2D eigenvalue weighted by molar-refractivity contribution is 0.659. The van der Waals surface area contributed by atoms with Crippen molar-refractivity contribution in [2.45, 2.75) is 151 Å². The van der Waals surface area contributed by atoms with Gasteiger partial charge in [0.1, 0.15) is 0 Å². The van der Waals surface area contributed by atoms with Crippen LogP contribution in [-0.2, 0) is 0 Å². The minimum atomic E-state index is -0.407. The van der Waals surface area contributed by atoms with Crippen molar-refractivity contribution in [2.75, 3.05) is 0 Å². The van der Waals surface area contributed by atoms with E-state index >= 15 is 0 Å². The highest BCUT2D eigenvalue weighted by Crippen LogP contribution is 2.22. The quantitative estimate of drug-likeness (QED) is 0.192. The van der Waals surface area contributed by atoms with Gasteiger partial charge in [-0.25, -0.2) is 0 Å². The third-order valence-electron chi connectivity index (χ3n) is 6.56. The first kappa shape index (κ1) is 39.1. The van der Waals surface area contributed by atoms with Crippen molar-refractivity contribution in [3.63, 3.8) is 0 Å². The van der Waals surface area contributed by atoms with E-state index in [1.54, 1.807) is 31.7 Å². The van der Waals surface area contributed by atoms with Gasteiger partial charge in [0.05, 0.1) is 0 Å². The maximum absolute atomic E-state index is 2.38. The van der Waals surface area contributed by atoms with Crippen LogP contribution in [0.25, 0.3) is 0 Å². The van der Waals surface area contributed by atoms with Crippen LogP contribution in [0.15, 0.2) is 0 Å². The second-order valence-corrected chi connectivity index (χ2v) is 24.1. The highest BCUT2D eigenvalue weighted by Gasteiger charge is 2.21. The summed E-state index contributed by atoms with van der Waals surface area (Å²) in [5.74, 6) is 5.55. The van der Waals surface area contributed by atoms with Crippen molar-refractivity contribution in [2.24, 2.45) is 35.5 Å². The summed E-state index contributed by atoms with van der Waals surface area (Å²) in [5.41, 5.74) is 0. The second kappa shape index (κ2) is 25.3. The van der Waals surface area contributed by atoms with Crippen LogP contribution in [0.2, 0.25) is 47.5 Å². The van der Waals surface area contributed by atoms with Crippen molar-refractivity contribution < 1.29 is 0 Å². The monoisotopic (exact) mass is 510 g/mol. The summed E-state index contributed by atoms with van der Waals surface area (Å²) in [6.45, 7) is 35.5. The first-order valence-corrected chi connectivity index (χ1v) is 22.5. The molecule has 0 unspecified atom stereocenters. The third kappa shape index (κ3) is 33.6. The maximum atomic E-state index is 2.38. The average Bonchev–Trinajstić information content (AvgIpc) is 2.60. The van der Waals surface area contributed by atoms with Crippen LogP contribution in [0.1, 0.15) is 104 Å². The first-order valence-electron chi connectivity index (χ1n) is 15.2. The van der Waals surface area contributed by atoms with Crippen molar-refractivity contribution >= 4 is 42.4 Å². The molecule has 0 aliphatic heterocycles. The summed E-state index contributed by atoms with van der Waals surface area (Å²) in [7, 11) is 0. The molecule has 0 heterocycles. The van der Waals surface area contributed by atoms with Crippen molar-refractivity contribution in [1.82, 2.24) is 0 Å². The van der Waals surface area contributed by atoms with Crippen LogP contribution in [0.5, 0.6) is 0 Å². The van der Waals surface area contributed by atoms with Crippen LogP contribution in [0, 0.1) is 35.5 Å². The number of hydrogen-bond acceptors (Lipinski definition) is 0. The van der Waals surface area contributed by atoms with E-state index in [0.29, 0.717) is 0 Å². The zero-order valence-electron chi connectivity index (χ0n) is 26.6. The Balaban J connectivity index is -0.000000429. The smallest absolute Gasteiger partial charge is 0.0967 e. The number of rotatable bonds is 15. The molecule has 0 saturated carbocycles. The topological polar surface area (TPSA) is 0 Å². The fourth-order valence-electron chi connectivity index (χ4n) is 5.44. The van der Waals surface area contributed by atoms with Gasteiger partial charge in [0.15, 0.2) is 0 Å². The van der Waals surface area contributed by atoms with Crippen LogP contribution in [-0.4, -0.2) is 42.4 Å². The van der Waals surface area contributed by atoms with Crippen LogP contribution in [0.4, 0.5) is 0 Å². The Morgan fingerprint density at radius 1 is 0.303 bits per heavy atom. The highest BCUT2D eigenvalue weighted by atomic mass is 27.2. The van der Waals surface area contributed by atoms with E-state index in [9.17, 15) is 0 Å². The lowest BCUT2D eigenvalue weighted by atomic mass is 10.2. The molecule has 0 nitrogen and oxygen atoms in total. The molecule has 3 heteroatoms. The molecule has 0 radical (unpaired) electrons. The van der Waals surface area contributed by atoms with Crippen molar-refractivity contribution in [3.05, 3.63) is 0 Å². The molecule has 0 saturated heterocycles. The van der Waals surface area contributed by atoms with Gasteiger partial charge >= 0.3 is 0 Å². The Bertz CT molecular complexity index is 288. The molecule has 0 aliphatic rings. The molecule has 0 bridgehead atoms. The molecule has 0 aromatic carbocycles. The zero-order chi connectivity index (χ0) is 26.6. The molecule has 198 valence electrons. The highest BCUT2D eigenvalue weighted by molar-refractivity contribution is 6.59. The van der Waals surface area contributed by atoms with Gasteiger partial charge in [0.2, 0.25) is 0 Å². The molecule has 33 heavy (non-hydrogen) atoms. The van der Waals surface area contributed by atoms with Crippen LogP contribution in [0.3, 0.4) is 0 Å². The summed E-state index contributed by atoms with van der Waals surface area (Å²) in [5, 5.41) is 13.8. The summed E-state index contributed by atoms with van der Waals surface area (Å²) in [4.78, 5) is 0. The van der Waals surface area contributed by atoms with Crippen molar-refractivity contribution in [3.8, 4) is 0 Å². The van der Waals surface area contributed by atoms with Gasteiger partial charge in [0, 0.05) is 0 Å². The van der Waals surface area contributed by atoms with Gasteiger partial charge in [-0.3, -0.25) is 0 Å². The lowest BCUT2D eigenvalue weighted by Crippen LogP contribution is -2.19. The largest absolute Gasteiger partial charge is 0.262 e. The van der Waals surface area contributed by atoms with E-state index < -0.39 is 28.3 Å². The molecule has 0 aliphatic carbocycles. The molecule has 0 spiro atoms. The molecule has 0 aromatic heterocycles. The number of hydrogen-bond donors (Lipinski definition) is 0. The fourth-order valence-corrected chi connectivity index (χ4v) is 16.3. The normalized spacial score (nSPS) is 11.2. The van der Waals surface area contributed by atoms with Gasteiger partial charge in [-0.15, -0.1) is 0 Å². The molecule has 0 fully saturated rings. The van der Waals surface area contributed by atoms with Gasteiger partial charge < -0.3 is 0 Å². The maximum Gasteiger partial charge on any atom is 0.262 e. The van der Waals surface area contributed by atoms with E-state index in [1.807, 2.05) is 0 Å². The Labute approximate surface area is 228 Å². The molecule has 0 N–H and O–H groups in total. The molecule has 0 atom stereocenters. The summed E-state index contributed by atoms with van der Waals surface area (Å²) in [6, 6.07) is 0. The van der Waals surface area contributed by atoms with Crippen molar-refractivity contribution in [1.29, 1.82) is 0 Å². The Kier molecular flexibility index (Phi) is 29.9. The molecular weight excluding hydrogens is 441 g/mol. The first-order chi connectivity index (χ1) is 15.2. The van der Waals surface area contributed by atoms with Gasteiger partial charge in [-0.05, 0) is 0 Å². The summed E-state index contributed by atoms with van der Waals surface area (Å²) >= 11 is -0.986. The Hall–Kier alpha value is 1.60. The van der Waals surface area contributed by atoms with E-state index in [4.69, 9.17) is 0 Å². The van der Waals surface area contributed by atoms with Gasteiger partial charge in [-0.1, -0.05) is 187 Å². The average molecular weight is 511 g/mol. The van der Waals surface area contributed by atoms with E-state index in [2.05, 4.69) is 104 Å². The molecule has 0 rings (SSSR count). The van der Waals surface area contributed by atoms with E-state index in [1.165, 1.54) is 15.8 Å². The SMILES string of the molecule is CC(C)[CH2][Al]([CH2]C(C)C)[CH2]C(C)C.CC(C)[CH2][Al]([CH2]C(C)C)[CH2]C(C)C.C[CH2][Al]([CH2]C)[CH2]C. The Morgan fingerprint density at radius 3 is 0.515 bits per heavy atom. The van der Waals surface area contributed by atoms with Gasteiger partial charge in [0.25, 0.3) is 42.4 Å². The minimum absolute atomic E-state index is 0.171. The standard InChI is InChI=1S/6C4H9.3C2H5.3Al/c6*1-4(2)3;3*1-2;;;/h6*4H,1H2,2-3H3;3*1H2,2H3;;;. The summed E-state index contributed by atoms with van der Waals surface area (Å²) in [6.07, 6.45) is 0. The Morgan fingerprint density at radius 2 is 0.455 bits per heavy atom. The molecule has 0 aromatic rings. The van der Waals surface area contributed by atoms with Gasteiger partial charge in [-0.2, -0.15) is 0 Å². The molecular formula is C30H69Al3.